The van der Waals surface area contributed by atoms with Gasteiger partial charge >= 0.3 is 0 Å². The fourth-order valence-electron chi connectivity index (χ4n) is 4.51. The molecule has 2 aliphatic rings. The van der Waals surface area contributed by atoms with Crippen molar-refractivity contribution in [3.05, 3.63) is 52.2 Å². The molecule has 10 heteroatoms. The lowest BCUT2D eigenvalue weighted by atomic mass is 9.97. The van der Waals surface area contributed by atoms with E-state index >= 15 is 0 Å². The molecule has 0 aliphatic carbocycles. The molecule has 1 N–H and O–H groups in total. The van der Waals surface area contributed by atoms with Crippen LogP contribution in [-0.2, 0) is 11.3 Å². The van der Waals surface area contributed by atoms with E-state index in [1.807, 2.05) is 0 Å². The van der Waals surface area contributed by atoms with Crippen LogP contribution in [0.4, 0.5) is 4.39 Å². The Kier molecular flexibility index (Phi) is 5.03. The second kappa shape index (κ2) is 7.84. The van der Waals surface area contributed by atoms with Crippen LogP contribution < -0.4 is 5.56 Å². The number of aromatic nitrogens is 6. The Labute approximate surface area is 172 Å². The van der Waals surface area contributed by atoms with Gasteiger partial charge in [0.1, 0.15) is 17.5 Å². The number of imidazole rings is 1. The summed E-state index contributed by atoms with van der Waals surface area (Å²) in [6.07, 6.45) is 5.74. The number of hydrogen-bond donors (Lipinski definition) is 1. The maximum Gasteiger partial charge on any atom is 0.276 e. The second-order valence-corrected chi connectivity index (χ2v) is 8.23. The van der Waals surface area contributed by atoms with E-state index in [1.165, 1.54) is 12.4 Å². The van der Waals surface area contributed by atoms with Gasteiger partial charge in [0.2, 0.25) is 0 Å². The Morgan fingerprint density at radius 2 is 1.93 bits per heavy atom. The SMILES string of the molecule is CC1CN(Cc2ncc(F)cn2)CC1c1nn2c(C3CCOCC3)ncc2c(=O)[nH]1. The molecule has 2 fully saturated rings. The molecule has 5 heterocycles. The summed E-state index contributed by atoms with van der Waals surface area (Å²) < 4.78 is 20.2. The molecule has 2 atom stereocenters. The van der Waals surface area contributed by atoms with Gasteiger partial charge in [0.05, 0.1) is 25.1 Å². The monoisotopic (exact) mass is 413 g/mol. The summed E-state index contributed by atoms with van der Waals surface area (Å²) in [6, 6.07) is 0. The number of halogens is 1. The summed E-state index contributed by atoms with van der Waals surface area (Å²) in [4.78, 5) is 30.5. The highest BCUT2D eigenvalue weighted by atomic mass is 19.1. The summed E-state index contributed by atoms with van der Waals surface area (Å²) in [5, 5.41) is 4.81. The van der Waals surface area contributed by atoms with Crippen LogP contribution in [0.15, 0.2) is 23.4 Å². The van der Waals surface area contributed by atoms with Crippen LogP contribution in [0.2, 0.25) is 0 Å². The zero-order chi connectivity index (χ0) is 20.7. The molecular weight excluding hydrogens is 389 g/mol. The number of nitrogens with zero attached hydrogens (tertiary/aromatic N) is 6. The molecule has 9 nitrogen and oxygen atoms in total. The van der Waals surface area contributed by atoms with Crippen LogP contribution in [0.3, 0.4) is 0 Å². The van der Waals surface area contributed by atoms with Gasteiger partial charge in [-0.3, -0.25) is 9.69 Å². The van der Waals surface area contributed by atoms with Crippen molar-refractivity contribution in [2.45, 2.75) is 38.1 Å². The number of aromatic amines is 1. The lowest BCUT2D eigenvalue weighted by molar-refractivity contribution is 0.0832. The molecule has 3 aromatic rings. The summed E-state index contributed by atoms with van der Waals surface area (Å²) in [5.41, 5.74) is 0.306. The Hall–Kier alpha value is -2.72. The molecule has 0 spiro atoms. The van der Waals surface area contributed by atoms with Crippen molar-refractivity contribution in [2.75, 3.05) is 26.3 Å². The van der Waals surface area contributed by atoms with Gasteiger partial charge in [0, 0.05) is 38.1 Å². The average Bonchev–Trinajstić information content (AvgIpc) is 3.34. The average molecular weight is 413 g/mol. The lowest BCUT2D eigenvalue weighted by Crippen LogP contribution is -2.24. The minimum Gasteiger partial charge on any atom is -0.381 e. The van der Waals surface area contributed by atoms with Crippen molar-refractivity contribution in [3.63, 3.8) is 0 Å². The van der Waals surface area contributed by atoms with Crippen LogP contribution in [0.5, 0.6) is 0 Å². The van der Waals surface area contributed by atoms with Gasteiger partial charge in [-0.25, -0.2) is 23.9 Å². The van der Waals surface area contributed by atoms with Gasteiger partial charge in [-0.1, -0.05) is 6.92 Å². The molecule has 0 saturated carbocycles. The summed E-state index contributed by atoms with van der Waals surface area (Å²) in [6.45, 7) is 5.63. The van der Waals surface area contributed by atoms with Crippen LogP contribution in [0.1, 0.15) is 49.1 Å². The number of ether oxygens (including phenoxy) is 1. The predicted molar refractivity (Wildman–Crippen MR) is 106 cm³/mol. The van der Waals surface area contributed by atoms with Crippen LogP contribution >= 0.6 is 0 Å². The fourth-order valence-corrected chi connectivity index (χ4v) is 4.51. The van der Waals surface area contributed by atoms with Gasteiger partial charge in [-0.05, 0) is 18.8 Å². The largest absolute Gasteiger partial charge is 0.381 e. The minimum absolute atomic E-state index is 0.0764. The molecule has 2 saturated heterocycles. The van der Waals surface area contributed by atoms with Crippen LogP contribution in [0, 0.1) is 11.7 Å². The predicted octanol–water partition coefficient (Wildman–Crippen LogP) is 1.48. The number of rotatable bonds is 4. The van der Waals surface area contributed by atoms with Gasteiger partial charge < -0.3 is 9.72 Å². The smallest absolute Gasteiger partial charge is 0.276 e. The van der Waals surface area contributed by atoms with E-state index in [-0.39, 0.29) is 17.4 Å². The van der Waals surface area contributed by atoms with Crippen molar-refractivity contribution < 1.29 is 9.13 Å². The molecule has 0 amide bonds. The Morgan fingerprint density at radius 3 is 2.70 bits per heavy atom. The minimum atomic E-state index is -0.442. The van der Waals surface area contributed by atoms with Gasteiger partial charge in [-0.2, -0.15) is 5.10 Å². The van der Waals surface area contributed by atoms with Gasteiger partial charge in [0.15, 0.2) is 11.3 Å². The van der Waals surface area contributed by atoms with Crippen LogP contribution in [0.25, 0.3) is 5.52 Å². The molecular formula is C20H24FN7O2. The highest BCUT2D eigenvalue weighted by molar-refractivity contribution is 5.42. The van der Waals surface area contributed by atoms with E-state index in [1.54, 1.807) is 10.7 Å². The van der Waals surface area contributed by atoms with E-state index in [0.717, 1.165) is 31.8 Å². The number of nitrogens with one attached hydrogen (secondary N) is 1. The van der Waals surface area contributed by atoms with Crippen molar-refractivity contribution in [2.24, 2.45) is 5.92 Å². The first-order chi connectivity index (χ1) is 14.6. The Bertz CT molecular complexity index is 1090. The maximum atomic E-state index is 13.1. The highest BCUT2D eigenvalue weighted by Gasteiger charge is 2.34. The first-order valence-electron chi connectivity index (χ1n) is 10.3. The fraction of sp³-hybridized carbons (Fsp3) is 0.550. The molecule has 0 bridgehead atoms. The van der Waals surface area contributed by atoms with E-state index in [2.05, 4.69) is 31.8 Å². The molecule has 0 aromatic carbocycles. The number of fused-ring (bicyclic) bond motifs is 1. The van der Waals surface area contributed by atoms with E-state index in [9.17, 15) is 9.18 Å². The van der Waals surface area contributed by atoms with Gasteiger partial charge in [-0.15, -0.1) is 0 Å². The Morgan fingerprint density at radius 1 is 1.17 bits per heavy atom. The van der Waals surface area contributed by atoms with Crippen LogP contribution in [-0.4, -0.2) is 60.8 Å². The normalized spacial score (nSPS) is 23.4. The molecule has 3 aromatic heterocycles. The third-order valence-corrected chi connectivity index (χ3v) is 6.11. The third kappa shape index (κ3) is 3.61. The molecule has 2 unspecified atom stereocenters. The standard InChI is InChI=1S/C20H24FN7O2/c1-12-9-27(11-17-22-6-14(21)7-23-17)10-15(12)18-25-20(29)16-8-24-19(28(16)26-18)13-2-4-30-5-3-13/h6-8,12-13,15H,2-5,9-11H2,1H3,(H,25,26,29). The number of likely N-dealkylation sites (tertiary alicyclic amines) is 1. The second-order valence-electron chi connectivity index (χ2n) is 8.23. The molecule has 30 heavy (non-hydrogen) atoms. The molecule has 5 rings (SSSR count). The summed E-state index contributed by atoms with van der Waals surface area (Å²) >= 11 is 0. The summed E-state index contributed by atoms with van der Waals surface area (Å²) in [5.74, 6) is 2.27. The van der Waals surface area contributed by atoms with E-state index in [0.29, 0.717) is 42.8 Å². The first-order valence-corrected chi connectivity index (χ1v) is 10.3. The lowest BCUT2D eigenvalue weighted by Gasteiger charge is -2.21. The van der Waals surface area contributed by atoms with Crippen molar-refractivity contribution in [1.29, 1.82) is 0 Å². The van der Waals surface area contributed by atoms with Crippen molar-refractivity contribution >= 4 is 5.52 Å². The topological polar surface area (TPSA) is 101 Å². The van der Waals surface area contributed by atoms with Crippen molar-refractivity contribution in [1.82, 2.24) is 34.4 Å². The quantitative estimate of drug-likeness (QED) is 0.691. The molecule has 2 aliphatic heterocycles. The highest BCUT2D eigenvalue weighted by Crippen LogP contribution is 2.31. The third-order valence-electron chi connectivity index (χ3n) is 6.11. The molecule has 158 valence electrons. The summed E-state index contributed by atoms with van der Waals surface area (Å²) in [7, 11) is 0. The first kappa shape index (κ1) is 19.3. The zero-order valence-electron chi connectivity index (χ0n) is 16.8. The van der Waals surface area contributed by atoms with Gasteiger partial charge in [0.25, 0.3) is 5.56 Å². The van der Waals surface area contributed by atoms with E-state index in [4.69, 9.17) is 9.84 Å². The number of H-pyrrole nitrogens is 1. The van der Waals surface area contributed by atoms with E-state index < -0.39 is 5.82 Å². The maximum absolute atomic E-state index is 13.1. The Balaban J connectivity index is 1.41. The zero-order valence-corrected chi connectivity index (χ0v) is 16.8. The number of hydrogen-bond acceptors (Lipinski definition) is 7. The molecule has 0 radical (unpaired) electrons. The van der Waals surface area contributed by atoms with Crippen molar-refractivity contribution in [3.8, 4) is 0 Å².